The molecule has 1 aliphatic heterocycles. The molecule has 1 heterocycles. The van der Waals surface area contributed by atoms with Crippen molar-refractivity contribution in [3.05, 3.63) is 0 Å². The molecule has 1 saturated heterocycles. The number of urea groups is 1. The highest BCUT2D eigenvalue weighted by Gasteiger charge is 2.43. The van der Waals surface area contributed by atoms with Crippen molar-refractivity contribution < 1.29 is 19.4 Å². The fourth-order valence-corrected chi connectivity index (χ4v) is 2.21. The summed E-state index contributed by atoms with van der Waals surface area (Å²) < 4.78 is 5.29. The highest BCUT2D eigenvalue weighted by molar-refractivity contribution is 5.75. The second kappa shape index (κ2) is 6.23. The molecule has 0 radical (unpaired) electrons. The number of ether oxygens (including phenoxy) is 1. The lowest BCUT2D eigenvalue weighted by Gasteiger charge is -2.48. The van der Waals surface area contributed by atoms with Gasteiger partial charge >= 0.3 is 12.0 Å². The topological polar surface area (TPSA) is 70.1 Å². The zero-order valence-electron chi connectivity index (χ0n) is 12.2. The Labute approximate surface area is 114 Å². The lowest BCUT2D eigenvalue weighted by atomic mass is 9.97. The van der Waals surface area contributed by atoms with Crippen LogP contribution in [0.5, 0.6) is 0 Å². The van der Waals surface area contributed by atoms with E-state index in [-0.39, 0.29) is 12.6 Å². The molecule has 0 atom stereocenters. The van der Waals surface area contributed by atoms with Crippen molar-refractivity contribution in [3.63, 3.8) is 0 Å². The number of hydrogen-bond donors (Lipinski definition) is 1. The second-order valence-electron chi connectivity index (χ2n) is 5.70. The van der Waals surface area contributed by atoms with Crippen molar-refractivity contribution in [1.82, 2.24) is 9.80 Å². The van der Waals surface area contributed by atoms with Gasteiger partial charge in [-0.05, 0) is 19.8 Å². The molecule has 2 amide bonds. The third kappa shape index (κ3) is 4.38. The summed E-state index contributed by atoms with van der Waals surface area (Å²) in [6.45, 7) is 9.94. The van der Waals surface area contributed by atoms with E-state index in [4.69, 9.17) is 9.84 Å². The SMILES string of the molecule is CCN(CC(C)C)C(=O)N1CC(C)(OCC(=O)O)C1. The van der Waals surface area contributed by atoms with Gasteiger partial charge in [0.05, 0.1) is 13.1 Å². The Morgan fingerprint density at radius 1 is 1.42 bits per heavy atom. The van der Waals surface area contributed by atoms with Crippen LogP contribution >= 0.6 is 0 Å². The molecule has 0 aromatic rings. The lowest BCUT2D eigenvalue weighted by molar-refractivity contribution is -0.160. The number of carbonyl (C=O) groups is 2. The summed E-state index contributed by atoms with van der Waals surface area (Å²) in [4.78, 5) is 26.2. The zero-order valence-corrected chi connectivity index (χ0v) is 12.2. The Morgan fingerprint density at radius 2 is 2.00 bits per heavy atom. The van der Waals surface area contributed by atoms with Gasteiger partial charge in [-0.1, -0.05) is 13.8 Å². The molecule has 0 aromatic heterocycles. The maximum atomic E-state index is 12.2. The van der Waals surface area contributed by atoms with Crippen LogP contribution in [0, 0.1) is 5.92 Å². The van der Waals surface area contributed by atoms with Gasteiger partial charge in [-0.15, -0.1) is 0 Å². The van der Waals surface area contributed by atoms with E-state index >= 15 is 0 Å². The molecular formula is C13H24N2O4. The molecule has 1 aliphatic rings. The molecule has 0 spiro atoms. The standard InChI is InChI=1S/C13H24N2O4/c1-5-14(6-10(2)3)12(18)15-8-13(4,9-15)19-7-11(16)17/h10H,5-9H2,1-4H3,(H,16,17). The van der Waals surface area contributed by atoms with E-state index in [2.05, 4.69) is 13.8 Å². The van der Waals surface area contributed by atoms with Crippen LogP contribution in [0.25, 0.3) is 0 Å². The molecule has 6 heteroatoms. The minimum atomic E-state index is -0.985. The summed E-state index contributed by atoms with van der Waals surface area (Å²) in [6, 6.07) is 0.00704. The minimum Gasteiger partial charge on any atom is -0.480 e. The number of carboxylic acid groups (broad SMARTS) is 1. The predicted molar refractivity (Wildman–Crippen MR) is 71.0 cm³/mol. The van der Waals surface area contributed by atoms with Crippen molar-refractivity contribution in [1.29, 1.82) is 0 Å². The fourth-order valence-electron chi connectivity index (χ4n) is 2.21. The minimum absolute atomic E-state index is 0.00704. The molecule has 0 aromatic carbocycles. The number of nitrogens with zero attached hydrogens (tertiary/aromatic N) is 2. The van der Waals surface area contributed by atoms with E-state index in [1.165, 1.54) is 0 Å². The van der Waals surface area contributed by atoms with Crippen LogP contribution in [0.3, 0.4) is 0 Å². The van der Waals surface area contributed by atoms with Crippen LogP contribution in [0.1, 0.15) is 27.7 Å². The van der Waals surface area contributed by atoms with Gasteiger partial charge in [-0.2, -0.15) is 0 Å². The van der Waals surface area contributed by atoms with E-state index < -0.39 is 11.6 Å². The molecule has 1 N–H and O–H groups in total. The first-order valence-electron chi connectivity index (χ1n) is 6.67. The van der Waals surface area contributed by atoms with Crippen molar-refractivity contribution in [3.8, 4) is 0 Å². The number of hydrogen-bond acceptors (Lipinski definition) is 3. The maximum Gasteiger partial charge on any atom is 0.329 e. The summed E-state index contributed by atoms with van der Waals surface area (Å²) in [5.74, 6) is -0.555. The van der Waals surface area contributed by atoms with Gasteiger partial charge in [0.1, 0.15) is 12.2 Å². The molecule has 0 aliphatic carbocycles. The van der Waals surface area contributed by atoms with Gasteiger partial charge in [-0.3, -0.25) is 0 Å². The smallest absolute Gasteiger partial charge is 0.329 e. The molecule has 0 unspecified atom stereocenters. The van der Waals surface area contributed by atoms with Gasteiger partial charge in [0.2, 0.25) is 0 Å². The second-order valence-corrected chi connectivity index (χ2v) is 5.70. The average molecular weight is 272 g/mol. The highest BCUT2D eigenvalue weighted by atomic mass is 16.5. The van der Waals surface area contributed by atoms with E-state index in [1.807, 2.05) is 13.8 Å². The Hall–Kier alpha value is -1.30. The molecule has 1 fully saturated rings. The zero-order chi connectivity index (χ0) is 14.6. The van der Waals surface area contributed by atoms with Crippen molar-refractivity contribution in [2.45, 2.75) is 33.3 Å². The normalized spacial score (nSPS) is 17.2. The van der Waals surface area contributed by atoms with Crippen molar-refractivity contribution >= 4 is 12.0 Å². The van der Waals surface area contributed by atoms with Crippen molar-refractivity contribution in [2.75, 3.05) is 32.8 Å². The fraction of sp³-hybridized carbons (Fsp3) is 0.846. The van der Waals surface area contributed by atoms with E-state index in [9.17, 15) is 9.59 Å². The van der Waals surface area contributed by atoms with Crippen LogP contribution in [-0.4, -0.2) is 65.3 Å². The van der Waals surface area contributed by atoms with Crippen LogP contribution in [0.15, 0.2) is 0 Å². The van der Waals surface area contributed by atoms with E-state index in [0.717, 1.165) is 6.54 Å². The summed E-state index contributed by atoms with van der Waals surface area (Å²) in [5.41, 5.74) is -0.523. The Balaban J connectivity index is 2.43. The largest absolute Gasteiger partial charge is 0.480 e. The highest BCUT2D eigenvalue weighted by Crippen LogP contribution is 2.25. The van der Waals surface area contributed by atoms with Gasteiger partial charge in [0.25, 0.3) is 0 Å². The number of carboxylic acids is 1. The third-order valence-corrected chi connectivity index (χ3v) is 3.10. The predicted octanol–water partition coefficient (Wildman–Crippen LogP) is 1.26. The van der Waals surface area contributed by atoms with Crippen molar-refractivity contribution in [2.24, 2.45) is 5.92 Å². The van der Waals surface area contributed by atoms with Gasteiger partial charge in [0, 0.05) is 13.1 Å². The molecular weight excluding hydrogens is 248 g/mol. The third-order valence-electron chi connectivity index (χ3n) is 3.10. The summed E-state index contributed by atoms with van der Waals surface area (Å²) in [7, 11) is 0. The van der Waals surface area contributed by atoms with E-state index in [0.29, 0.717) is 25.6 Å². The molecule has 0 saturated carbocycles. The Kier molecular flexibility index (Phi) is 5.17. The Bertz CT molecular complexity index is 338. The van der Waals surface area contributed by atoms with Crippen LogP contribution < -0.4 is 0 Å². The number of rotatable bonds is 6. The number of aliphatic carboxylic acids is 1. The number of carbonyl (C=O) groups excluding carboxylic acids is 1. The molecule has 1 rings (SSSR count). The van der Waals surface area contributed by atoms with Gasteiger partial charge < -0.3 is 19.6 Å². The average Bonchev–Trinajstić information content (AvgIpc) is 2.28. The Morgan fingerprint density at radius 3 is 2.42 bits per heavy atom. The lowest BCUT2D eigenvalue weighted by Crippen LogP contribution is -2.65. The molecule has 110 valence electrons. The number of amides is 2. The van der Waals surface area contributed by atoms with Gasteiger partial charge in [-0.25, -0.2) is 9.59 Å². The van der Waals surface area contributed by atoms with Crippen LogP contribution in [0.2, 0.25) is 0 Å². The quantitative estimate of drug-likeness (QED) is 0.790. The van der Waals surface area contributed by atoms with Crippen LogP contribution in [0.4, 0.5) is 4.79 Å². The summed E-state index contributed by atoms with van der Waals surface area (Å²) >= 11 is 0. The maximum absolute atomic E-state index is 12.2. The molecule has 0 bridgehead atoms. The monoisotopic (exact) mass is 272 g/mol. The van der Waals surface area contributed by atoms with Gasteiger partial charge in [0.15, 0.2) is 0 Å². The van der Waals surface area contributed by atoms with E-state index in [1.54, 1.807) is 9.80 Å². The first kappa shape index (κ1) is 15.8. The molecule has 19 heavy (non-hydrogen) atoms. The van der Waals surface area contributed by atoms with Crippen LogP contribution in [-0.2, 0) is 9.53 Å². The summed E-state index contributed by atoms with van der Waals surface area (Å²) in [6.07, 6.45) is 0. The first-order chi connectivity index (χ1) is 8.77. The molecule has 6 nitrogen and oxygen atoms in total. The summed E-state index contributed by atoms with van der Waals surface area (Å²) in [5, 5.41) is 8.58. The first-order valence-corrected chi connectivity index (χ1v) is 6.67. The number of likely N-dealkylation sites (tertiary alicyclic amines) is 1.